The number of carbonyl (C=O) groups is 2. The first-order chi connectivity index (χ1) is 12.0. The third kappa shape index (κ3) is 3.65. The van der Waals surface area contributed by atoms with E-state index >= 15 is 0 Å². The second kappa shape index (κ2) is 6.97. The summed E-state index contributed by atoms with van der Waals surface area (Å²) in [5.74, 6) is -0.459. The van der Waals surface area contributed by atoms with Crippen LogP contribution in [0.2, 0.25) is 0 Å². The molecule has 3 rings (SSSR count). The first-order valence-corrected chi connectivity index (χ1v) is 8.43. The molecule has 0 saturated heterocycles. The maximum Gasteiger partial charge on any atom is 0.236 e. The molecular weight excluding hydrogens is 314 g/mol. The van der Waals surface area contributed by atoms with Gasteiger partial charge in [0.15, 0.2) is 0 Å². The monoisotopic (exact) mass is 337 g/mol. The summed E-state index contributed by atoms with van der Waals surface area (Å²) in [5, 5.41) is 2.80. The van der Waals surface area contributed by atoms with Crippen LogP contribution in [-0.2, 0) is 16.0 Å². The fourth-order valence-corrected chi connectivity index (χ4v) is 3.22. The molecule has 0 spiro atoms. The van der Waals surface area contributed by atoms with Crippen LogP contribution in [0.15, 0.2) is 48.5 Å². The topological polar surface area (TPSA) is 52.7 Å². The molecule has 5 nitrogen and oxygen atoms in total. The van der Waals surface area contributed by atoms with E-state index in [-0.39, 0.29) is 24.3 Å². The third-order valence-electron chi connectivity index (χ3n) is 4.46. The summed E-state index contributed by atoms with van der Waals surface area (Å²) in [5.41, 5.74) is 3.82. The van der Waals surface area contributed by atoms with Crippen molar-refractivity contribution in [2.75, 3.05) is 29.2 Å². The Bertz CT molecular complexity index is 784. The number of anilines is 3. The predicted molar refractivity (Wildman–Crippen MR) is 101 cm³/mol. The van der Waals surface area contributed by atoms with Gasteiger partial charge in [-0.05, 0) is 49.2 Å². The van der Waals surface area contributed by atoms with Crippen molar-refractivity contribution in [1.82, 2.24) is 0 Å². The molecule has 1 N–H and O–H groups in total. The molecule has 1 aliphatic rings. The predicted octanol–water partition coefficient (Wildman–Crippen LogP) is 3.06. The Kier molecular flexibility index (Phi) is 4.74. The number of benzene rings is 2. The highest BCUT2D eigenvalue weighted by atomic mass is 16.2. The van der Waals surface area contributed by atoms with Crippen LogP contribution in [0.5, 0.6) is 0 Å². The lowest BCUT2D eigenvalue weighted by Crippen LogP contribution is -2.37. The molecule has 1 aliphatic heterocycles. The molecule has 0 radical (unpaired) electrons. The van der Waals surface area contributed by atoms with Gasteiger partial charge in [-0.15, -0.1) is 0 Å². The Morgan fingerprint density at radius 2 is 1.80 bits per heavy atom. The van der Waals surface area contributed by atoms with Crippen LogP contribution >= 0.6 is 0 Å². The fraction of sp³-hybridized carbons (Fsp3) is 0.300. The minimum atomic E-state index is -0.292. The van der Waals surface area contributed by atoms with Crippen molar-refractivity contribution in [3.05, 3.63) is 54.1 Å². The summed E-state index contributed by atoms with van der Waals surface area (Å²) in [6.07, 6.45) is 0.670. The van der Waals surface area contributed by atoms with Crippen molar-refractivity contribution < 1.29 is 9.59 Å². The van der Waals surface area contributed by atoms with E-state index in [0.717, 1.165) is 23.4 Å². The summed E-state index contributed by atoms with van der Waals surface area (Å²) in [7, 11) is 3.92. The van der Waals surface area contributed by atoms with Gasteiger partial charge in [-0.2, -0.15) is 0 Å². The van der Waals surface area contributed by atoms with Crippen molar-refractivity contribution in [3.63, 3.8) is 0 Å². The minimum Gasteiger partial charge on any atom is -0.378 e. The minimum absolute atomic E-state index is 0.0806. The molecular formula is C20H23N3O2. The zero-order chi connectivity index (χ0) is 18.0. The van der Waals surface area contributed by atoms with Crippen molar-refractivity contribution in [2.24, 2.45) is 0 Å². The number of hydrogen-bond acceptors (Lipinski definition) is 3. The lowest BCUT2D eigenvalue weighted by molar-refractivity contribution is -0.125. The van der Waals surface area contributed by atoms with E-state index in [2.05, 4.69) is 5.32 Å². The molecule has 25 heavy (non-hydrogen) atoms. The lowest BCUT2D eigenvalue weighted by atomic mass is 10.1. The van der Waals surface area contributed by atoms with Gasteiger partial charge in [0.2, 0.25) is 11.8 Å². The van der Waals surface area contributed by atoms with E-state index in [1.54, 1.807) is 4.90 Å². The van der Waals surface area contributed by atoms with Crippen molar-refractivity contribution in [2.45, 2.75) is 25.8 Å². The molecule has 0 fully saturated rings. The van der Waals surface area contributed by atoms with Crippen LogP contribution in [0.3, 0.4) is 0 Å². The number of nitrogens with one attached hydrogen (secondary N) is 1. The maximum absolute atomic E-state index is 12.6. The van der Waals surface area contributed by atoms with Gasteiger partial charge in [-0.1, -0.05) is 18.2 Å². The molecule has 0 aliphatic carbocycles. The van der Waals surface area contributed by atoms with Gasteiger partial charge in [0, 0.05) is 37.2 Å². The van der Waals surface area contributed by atoms with Crippen LogP contribution in [0.4, 0.5) is 17.1 Å². The van der Waals surface area contributed by atoms with E-state index in [1.165, 1.54) is 0 Å². The average molecular weight is 337 g/mol. The first kappa shape index (κ1) is 17.0. The molecule has 1 heterocycles. The van der Waals surface area contributed by atoms with Crippen molar-refractivity contribution in [1.29, 1.82) is 0 Å². The third-order valence-corrected chi connectivity index (χ3v) is 4.46. The number of fused-ring (bicyclic) bond motifs is 1. The van der Waals surface area contributed by atoms with E-state index in [0.29, 0.717) is 5.69 Å². The molecule has 2 aromatic carbocycles. The molecule has 1 unspecified atom stereocenters. The first-order valence-electron chi connectivity index (χ1n) is 8.43. The van der Waals surface area contributed by atoms with Gasteiger partial charge in [0.25, 0.3) is 0 Å². The highest BCUT2D eigenvalue weighted by Crippen LogP contribution is 2.32. The van der Waals surface area contributed by atoms with Gasteiger partial charge < -0.3 is 15.1 Å². The highest BCUT2D eigenvalue weighted by molar-refractivity contribution is 6.10. The molecule has 0 bridgehead atoms. The lowest BCUT2D eigenvalue weighted by Gasteiger charge is -2.22. The van der Waals surface area contributed by atoms with Gasteiger partial charge >= 0.3 is 0 Å². The summed E-state index contributed by atoms with van der Waals surface area (Å²) < 4.78 is 0. The van der Waals surface area contributed by atoms with Crippen molar-refractivity contribution >= 4 is 28.9 Å². The Hall–Kier alpha value is -2.82. The molecule has 0 aromatic heterocycles. The Labute approximate surface area is 148 Å². The van der Waals surface area contributed by atoms with Gasteiger partial charge in [0.1, 0.15) is 6.42 Å². The Morgan fingerprint density at radius 3 is 2.48 bits per heavy atom. The molecule has 1 atom stereocenters. The summed E-state index contributed by atoms with van der Waals surface area (Å²) >= 11 is 0. The van der Waals surface area contributed by atoms with Crippen LogP contribution in [0.1, 0.15) is 18.9 Å². The van der Waals surface area contributed by atoms with Crippen LogP contribution in [0.25, 0.3) is 0 Å². The van der Waals surface area contributed by atoms with Gasteiger partial charge in [-0.25, -0.2) is 0 Å². The van der Waals surface area contributed by atoms with Crippen LogP contribution in [0, 0.1) is 0 Å². The number of nitrogens with zero attached hydrogens (tertiary/aromatic N) is 2. The van der Waals surface area contributed by atoms with E-state index in [4.69, 9.17) is 0 Å². The largest absolute Gasteiger partial charge is 0.378 e. The summed E-state index contributed by atoms with van der Waals surface area (Å²) in [6.45, 7) is 2.01. The number of amides is 2. The van der Waals surface area contributed by atoms with Crippen molar-refractivity contribution in [3.8, 4) is 0 Å². The summed E-state index contributed by atoms with van der Waals surface area (Å²) in [6, 6.07) is 15.5. The number of carbonyl (C=O) groups excluding carboxylic acids is 2. The Morgan fingerprint density at radius 1 is 1.12 bits per heavy atom. The molecule has 130 valence electrons. The highest BCUT2D eigenvalue weighted by Gasteiger charge is 2.31. The van der Waals surface area contributed by atoms with E-state index < -0.39 is 0 Å². The quantitative estimate of drug-likeness (QED) is 0.873. The molecule has 2 amide bonds. The van der Waals surface area contributed by atoms with E-state index in [1.807, 2.05) is 74.4 Å². The van der Waals surface area contributed by atoms with Crippen LogP contribution in [-0.4, -0.2) is 32.0 Å². The normalized spacial score (nSPS) is 15.6. The second-order valence-corrected chi connectivity index (χ2v) is 6.61. The second-order valence-electron chi connectivity index (χ2n) is 6.61. The SMILES string of the molecule is CC1Cc2ccccc2N1C(=O)CC(=O)Nc1ccc(N(C)C)cc1. The average Bonchev–Trinajstić information content (AvgIpc) is 2.90. The number of rotatable bonds is 4. The smallest absolute Gasteiger partial charge is 0.236 e. The fourth-order valence-electron chi connectivity index (χ4n) is 3.22. The standard InChI is InChI=1S/C20H23N3O2/c1-14-12-15-6-4-5-7-18(15)23(14)20(25)13-19(24)21-16-8-10-17(11-9-16)22(2)3/h4-11,14H,12-13H2,1-3H3,(H,21,24). The maximum atomic E-state index is 12.6. The molecule has 0 saturated carbocycles. The summed E-state index contributed by atoms with van der Waals surface area (Å²) in [4.78, 5) is 28.6. The Balaban J connectivity index is 1.64. The zero-order valence-corrected chi connectivity index (χ0v) is 14.8. The van der Waals surface area contributed by atoms with E-state index in [9.17, 15) is 9.59 Å². The number of para-hydroxylation sites is 1. The molecule has 2 aromatic rings. The zero-order valence-electron chi connectivity index (χ0n) is 14.8. The van der Waals surface area contributed by atoms with Crippen LogP contribution < -0.4 is 15.1 Å². The molecule has 5 heteroatoms. The number of hydrogen-bond donors (Lipinski definition) is 1. The van der Waals surface area contributed by atoms with Gasteiger partial charge in [-0.3, -0.25) is 9.59 Å². The van der Waals surface area contributed by atoms with Gasteiger partial charge in [0.05, 0.1) is 0 Å².